The molecule has 0 aliphatic rings. The number of hydrogen-bond donors (Lipinski definition) is 2. The van der Waals surface area contributed by atoms with Crippen LogP contribution in [0.1, 0.15) is 25.3 Å². The summed E-state index contributed by atoms with van der Waals surface area (Å²) in [5, 5.41) is 6.17. The Bertz CT molecular complexity index is 568. The molecule has 2 N–H and O–H groups in total. The van der Waals surface area contributed by atoms with Gasteiger partial charge in [-0.2, -0.15) is 0 Å². The lowest BCUT2D eigenvalue weighted by atomic mass is 10.1. The minimum atomic E-state index is -0.460. The van der Waals surface area contributed by atoms with E-state index in [1.54, 1.807) is 14.1 Å². The van der Waals surface area contributed by atoms with Gasteiger partial charge in [-0.05, 0) is 36.6 Å². The summed E-state index contributed by atoms with van der Waals surface area (Å²) in [6, 6.07) is 3.40. The van der Waals surface area contributed by atoms with Gasteiger partial charge in [0.2, 0.25) is 5.91 Å². The Morgan fingerprint density at radius 3 is 2.52 bits per heavy atom. The molecule has 0 aliphatic heterocycles. The van der Waals surface area contributed by atoms with Gasteiger partial charge in [0.15, 0.2) is 5.96 Å². The van der Waals surface area contributed by atoms with Crippen LogP contribution in [0.25, 0.3) is 0 Å². The van der Waals surface area contributed by atoms with Crippen molar-refractivity contribution in [2.24, 2.45) is 4.99 Å². The summed E-state index contributed by atoms with van der Waals surface area (Å²) in [6.07, 6.45) is 2.33. The number of carbonyl (C=O) groups excluding carboxylic acids is 1. The molecule has 0 unspecified atom stereocenters. The summed E-state index contributed by atoms with van der Waals surface area (Å²) < 4.78 is 26.8. The van der Waals surface area contributed by atoms with Gasteiger partial charge in [0.05, 0.1) is 0 Å². The van der Waals surface area contributed by atoms with E-state index in [-0.39, 0.29) is 36.4 Å². The summed E-state index contributed by atoms with van der Waals surface area (Å²) >= 11 is 0. The zero-order chi connectivity index (χ0) is 17.9. The monoisotopic (exact) mass is 468 g/mol. The van der Waals surface area contributed by atoms with Crippen LogP contribution in [0.15, 0.2) is 23.2 Å². The first-order valence-electron chi connectivity index (χ1n) is 8.10. The van der Waals surface area contributed by atoms with E-state index in [4.69, 9.17) is 0 Å². The van der Waals surface area contributed by atoms with Gasteiger partial charge in [0, 0.05) is 27.2 Å². The molecule has 0 spiro atoms. The second-order valence-electron chi connectivity index (χ2n) is 5.65. The number of nitrogens with zero attached hydrogens (tertiary/aromatic N) is 2. The number of rotatable bonds is 8. The molecule has 1 rings (SSSR count). The van der Waals surface area contributed by atoms with E-state index < -0.39 is 11.6 Å². The first-order chi connectivity index (χ1) is 11.4. The number of carbonyl (C=O) groups is 1. The lowest BCUT2D eigenvalue weighted by Gasteiger charge is -2.14. The Morgan fingerprint density at radius 2 is 1.88 bits per heavy atom. The SMILES string of the molecule is CCCCNC(=NCC(=O)N(C)C)NCCc1cc(F)ccc1F.I. The van der Waals surface area contributed by atoms with E-state index in [1.165, 1.54) is 11.0 Å². The Balaban J connectivity index is 0.00000576. The lowest BCUT2D eigenvalue weighted by Crippen LogP contribution is -2.40. The van der Waals surface area contributed by atoms with Crippen molar-refractivity contribution in [3.8, 4) is 0 Å². The van der Waals surface area contributed by atoms with Gasteiger partial charge in [0.1, 0.15) is 18.2 Å². The maximum atomic E-state index is 13.6. The van der Waals surface area contributed by atoms with E-state index >= 15 is 0 Å². The van der Waals surface area contributed by atoms with Crippen LogP contribution in [-0.2, 0) is 11.2 Å². The van der Waals surface area contributed by atoms with E-state index in [1.807, 2.05) is 0 Å². The third kappa shape index (κ3) is 9.57. The van der Waals surface area contributed by atoms with Gasteiger partial charge in [-0.3, -0.25) is 4.79 Å². The molecule has 142 valence electrons. The fourth-order valence-electron chi connectivity index (χ4n) is 1.90. The number of halogens is 3. The normalized spacial score (nSPS) is 10.8. The number of unbranched alkanes of at least 4 members (excludes halogenated alkanes) is 1. The molecule has 0 heterocycles. The Labute approximate surface area is 165 Å². The van der Waals surface area contributed by atoms with Crippen molar-refractivity contribution in [1.82, 2.24) is 15.5 Å². The van der Waals surface area contributed by atoms with Crippen molar-refractivity contribution in [2.75, 3.05) is 33.7 Å². The lowest BCUT2D eigenvalue weighted by molar-refractivity contribution is -0.127. The Hall–Kier alpha value is -1.45. The standard InChI is InChI=1S/C17H26F2N4O.HI/c1-4-5-9-20-17(22-12-16(24)23(2)3)21-10-8-13-11-14(18)6-7-15(13)19;/h6-7,11H,4-5,8-10,12H2,1-3H3,(H2,20,21,22);1H. The predicted octanol–water partition coefficient (Wildman–Crippen LogP) is 2.55. The third-order valence-corrected chi connectivity index (χ3v) is 3.39. The maximum Gasteiger partial charge on any atom is 0.243 e. The number of aliphatic imine (C=N–C) groups is 1. The summed E-state index contributed by atoms with van der Waals surface area (Å²) in [4.78, 5) is 17.3. The highest BCUT2D eigenvalue weighted by Gasteiger charge is 2.06. The molecule has 0 aromatic heterocycles. The summed E-state index contributed by atoms with van der Waals surface area (Å²) in [5.74, 6) is -0.505. The summed E-state index contributed by atoms with van der Waals surface area (Å²) in [6.45, 7) is 3.22. The van der Waals surface area contributed by atoms with Gasteiger partial charge < -0.3 is 15.5 Å². The molecule has 1 aromatic carbocycles. The number of nitrogens with one attached hydrogen (secondary N) is 2. The highest BCUT2D eigenvalue weighted by Crippen LogP contribution is 2.09. The van der Waals surface area contributed by atoms with E-state index in [2.05, 4.69) is 22.5 Å². The zero-order valence-corrected chi connectivity index (χ0v) is 17.3. The molecule has 0 radical (unpaired) electrons. The first-order valence-corrected chi connectivity index (χ1v) is 8.10. The fourth-order valence-corrected chi connectivity index (χ4v) is 1.90. The molecule has 0 saturated heterocycles. The molecule has 0 atom stereocenters. The minimum Gasteiger partial charge on any atom is -0.356 e. The van der Waals surface area contributed by atoms with Crippen molar-refractivity contribution < 1.29 is 13.6 Å². The molecule has 0 bridgehead atoms. The predicted molar refractivity (Wildman–Crippen MR) is 107 cm³/mol. The molecule has 0 aliphatic carbocycles. The van der Waals surface area contributed by atoms with Crippen LogP contribution in [0.5, 0.6) is 0 Å². The largest absolute Gasteiger partial charge is 0.356 e. The van der Waals surface area contributed by atoms with Crippen LogP contribution in [0.2, 0.25) is 0 Å². The van der Waals surface area contributed by atoms with Crippen LogP contribution in [0.4, 0.5) is 8.78 Å². The number of likely N-dealkylation sites (N-methyl/N-ethyl adjacent to an activating group) is 1. The Morgan fingerprint density at radius 1 is 1.20 bits per heavy atom. The van der Waals surface area contributed by atoms with Crippen molar-refractivity contribution in [1.29, 1.82) is 0 Å². The van der Waals surface area contributed by atoms with Crippen molar-refractivity contribution in [2.45, 2.75) is 26.2 Å². The van der Waals surface area contributed by atoms with Crippen molar-refractivity contribution in [3.05, 3.63) is 35.4 Å². The average Bonchev–Trinajstić information content (AvgIpc) is 2.54. The van der Waals surface area contributed by atoms with E-state index in [0.717, 1.165) is 31.5 Å². The van der Waals surface area contributed by atoms with Crippen molar-refractivity contribution >= 4 is 35.8 Å². The van der Waals surface area contributed by atoms with Crippen LogP contribution < -0.4 is 10.6 Å². The van der Waals surface area contributed by atoms with Crippen LogP contribution in [0.3, 0.4) is 0 Å². The van der Waals surface area contributed by atoms with Gasteiger partial charge in [0.25, 0.3) is 0 Å². The van der Waals surface area contributed by atoms with Crippen LogP contribution in [0, 0.1) is 11.6 Å². The zero-order valence-electron chi connectivity index (χ0n) is 14.9. The molecule has 0 saturated carbocycles. The molecule has 8 heteroatoms. The topological polar surface area (TPSA) is 56.7 Å². The Kier molecular flexibility index (Phi) is 12.1. The van der Waals surface area contributed by atoms with E-state index in [0.29, 0.717) is 24.5 Å². The number of guanidine groups is 1. The van der Waals surface area contributed by atoms with E-state index in [9.17, 15) is 13.6 Å². The molecular formula is C17H27F2IN4O. The van der Waals surface area contributed by atoms with Gasteiger partial charge >= 0.3 is 0 Å². The van der Waals surface area contributed by atoms with Gasteiger partial charge in [-0.25, -0.2) is 13.8 Å². The highest BCUT2D eigenvalue weighted by molar-refractivity contribution is 14.0. The second kappa shape index (κ2) is 12.8. The number of amides is 1. The number of benzene rings is 1. The molecule has 1 aromatic rings. The number of hydrogen-bond acceptors (Lipinski definition) is 2. The molecule has 0 fully saturated rings. The molecule has 25 heavy (non-hydrogen) atoms. The fraction of sp³-hybridized carbons (Fsp3) is 0.529. The third-order valence-electron chi connectivity index (χ3n) is 3.39. The smallest absolute Gasteiger partial charge is 0.243 e. The molecule has 1 amide bonds. The van der Waals surface area contributed by atoms with Crippen LogP contribution >= 0.6 is 24.0 Å². The van der Waals surface area contributed by atoms with Crippen molar-refractivity contribution in [3.63, 3.8) is 0 Å². The highest BCUT2D eigenvalue weighted by atomic mass is 127. The average molecular weight is 468 g/mol. The molecule has 5 nitrogen and oxygen atoms in total. The summed E-state index contributed by atoms with van der Waals surface area (Å²) in [5.41, 5.74) is 0.305. The van der Waals surface area contributed by atoms with Gasteiger partial charge in [-0.1, -0.05) is 13.3 Å². The maximum absolute atomic E-state index is 13.6. The van der Waals surface area contributed by atoms with Gasteiger partial charge in [-0.15, -0.1) is 24.0 Å². The first kappa shape index (κ1) is 23.5. The second-order valence-corrected chi connectivity index (χ2v) is 5.65. The van der Waals surface area contributed by atoms with Crippen LogP contribution in [-0.4, -0.2) is 50.5 Å². The molecular weight excluding hydrogens is 441 g/mol. The summed E-state index contributed by atoms with van der Waals surface area (Å²) in [7, 11) is 3.34. The quantitative estimate of drug-likeness (QED) is 0.267. The minimum absolute atomic E-state index is 0.